The van der Waals surface area contributed by atoms with Crippen LogP contribution < -0.4 is 11.5 Å². The predicted octanol–water partition coefficient (Wildman–Crippen LogP) is 0.0289. The maximum atomic E-state index is 12.1. The number of carbonyl (C=O) groups excluding carboxylic acids is 1. The molecule has 1 atom stereocenters. The number of unbranched alkanes of at least 4 members (excludes halogenated alkanes) is 1. The van der Waals surface area contributed by atoms with E-state index < -0.39 is 29.9 Å². The Hall–Kier alpha value is -1.15. The van der Waals surface area contributed by atoms with E-state index in [0.717, 1.165) is 0 Å². The molecule has 0 radical (unpaired) electrons. The van der Waals surface area contributed by atoms with Crippen molar-refractivity contribution in [3.05, 3.63) is 0 Å². The lowest BCUT2D eigenvalue weighted by Crippen LogP contribution is -2.59. The molecule has 0 rings (SSSR count). The Labute approximate surface area is 89.6 Å². The summed E-state index contributed by atoms with van der Waals surface area (Å²) in [6, 6.07) is 0. The van der Waals surface area contributed by atoms with E-state index >= 15 is 0 Å². The van der Waals surface area contributed by atoms with E-state index in [4.69, 9.17) is 16.6 Å². The second-order valence-corrected chi connectivity index (χ2v) is 3.35. The molecule has 0 fully saturated rings. The number of alkyl halides is 3. The fourth-order valence-corrected chi connectivity index (χ4v) is 1.12. The number of ketones is 1. The fourth-order valence-electron chi connectivity index (χ4n) is 1.12. The second-order valence-electron chi connectivity index (χ2n) is 3.35. The average Bonchev–Trinajstić information content (AvgIpc) is 2.15. The summed E-state index contributed by atoms with van der Waals surface area (Å²) in [5, 5.41) is 8.59. The van der Waals surface area contributed by atoms with Gasteiger partial charge in [-0.3, -0.25) is 4.79 Å². The Morgan fingerprint density at radius 3 is 2.00 bits per heavy atom. The smallest absolute Gasteiger partial charge is 0.452 e. The van der Waals surface area contributed by atoms with Gasteiger partial charge in [0.2, 0.25) is 0 Å². The number of nitrogens with two attached hydrogens (primary N) is 2. The SMILES string of the molecule is NCCCC[C@@](N)(C(=O)O)C(=O)C(F)(F)F. The lowest BCUT2D eigenvalue weighted by molar-refractivity contribution is -0.181. The third kappa shape index (κ3) is 3.46. The number of hydrogen-bond acceptors (Lipinski definition) is 4. The van der Waals surface area contributed by atoms with Crippen LogP contribution in [0.5, 0.6) is 0 Å². The quantitative estimate of drug-likeness (QED) is 0.450. The van der Waals surface area contributed by atoms with Crippen molar-refractivity contribution in [2.24, 2.45) is 11.5 Å². The van der Waals surface area contributed by atoms with Crippen LogP contribution in [-0.4, -0.2) is 35.1 Å². The van der Waals surface area contributed by atoms with E-state index in [1.54, 1.807) is 0 Å². The number of hydrogen-bond donors (Lipinski definition) is 3. The van der Waals surface area contributed by atoms with E-state index in [2.05, 4.69) is 0 Å². The van der Waals surface area contributed by atoms with Crippen molar-refractivity contribution in [3.8, 4) is 0 Å². The molecule has 0 aromatic heterocycles. The van der Waals surface area contributed by atoms with Crippen molar-refractivity contribution in [1.29, 1.82) is 0 Å². The number of carboxylic acid groups (broad SMARTS) is 1. The third-order valence-corrected chi connectivity index (χ3v) is 2.07. The zero-order valence-corrected chi connectivity index (χ0v) is 8.38. The zero-order chi connectivity index (χ0) is 13.0. The molecule has 0 aromatic rings. The molecule has 8 heteroatoms. The Kier molecular flexibility index (Phi) is 4.88. The van der Waals surface area contributed by atoms with Crippen molar-refractivity contribution in [1.82, 2.24) is 0 Å². The third-order valence-electron chi connectivity index (χ3n) is 2.07. The number of carboxylic acids is 1. The van der Waals surface area contributed by atoms with Gasteiger partial charge in [-0.15, -0.1) is 0 Å². The number of aliphatic carboxylic acids is 1. The molecule has 0 bridgehead atoms. The summed E-state index contributed by atoms with van der Waals surface area (Å²) in [6.07, 6.45) is -5.49. The lowest BCUT2D eigenvalue weighted by atomic mass is 9.88. The fraction of sp³-hybridized carbons (Fsp3) is 0.750. The van der Waals surface area contributed by atoms with Gasteiger partial charge >= 0.3 is 12.1 Å². The Morgan fingerprint density at radius 2 is 1.69 bits per heavy atom. The molecule has 94 valence electrons. The summed E-state index contributed by atoms with van der Waals surface area (Å²) in [5.41, 5.74) is 7.19. The first-order valence-corrected chi connectivity index (χ1v) is 4.50. The van der Waals surface area contributed by atoms with Crippen molar-refractivity contribution >= 4 is 11.8 Å². The van der Waals surface area contributed by atoms with Gasteiger partial charge in [0.1, 0.15) is 0 Å². The molecular weight excluding hydrogens is 229 g/mol. The molecule has 0 unspecified atom stereocenters. The Morgan fingerprint density at radius 1 is 1.19 bits per heavy atom. The summed E-state index contributed by atoms with van der Waals surface area (Å²) < 4.78 is 36.3. The van der Waals surface area contributed by atoms with Crippen LogP contribution in [-0.2, 0) is 9.59 Å². The highest BCUT2D eigenvalue weighted by Crippen LogP contribution is 2.25. The van der Waals surface area contributed by atoms with E-state index in [-0.39, 0.29) is 13.0 Å². The zero-order valence-electron chi connectivity index (χ0n) is 8.38. The van der Waals surface area contributed by atoms with E-state index in [1.807, 2.05) is 0 Å². The number of carbonyl (C=O) groups is 2. The van der Waals surface area contributed by atoms with Crippen LogP contribution in [0.3, 0.4) is 0 Å². The van der Waals surface area contributed by atoms with Crippen molar-refractivity contribution in [2.45, 2.75) is 31.0 Å². The van der Waals surface area contributed by atoms with Crippen LogP contribution in [0.15, 0.2) is 0 Å². The maximum Gasteiger partial charge on any atom is 0.452 e. The highest BCUT2D eigenvalue weighted by atomic mass is 19.4. The summed E-state index contributed by atoms with van der Waals surface area (Å²) in [7, 11) is 0. The normalized spacial score (nSPS) is 15.6. The largest absolute Gasteiger partial charge is 0.480 e. The molecule has 0 aromatic carbocycles. The summed E-state index contributed by atoms with van der Waals surface area (Å²) in [5.74, 6) is -4.42. The topological polar surface area (TPSA) is 106 Å². The summed E-state index contributed by atoms with van der Waals surface area (Å²) in [4.78, 5) is 21.5. The molecule has 0 spiro atoms. The average molecular weight is 242 g/mol. The van der Waals surface area contributed by atoms with E-state index in [9.17, 15) is 22.8 Å². The van der Waals surface area contributed by atoms with Gasteiger partial charge in [-0.2, -0.15) is 13.2 Å². The minimum absolute atomic E-state index is 0.0428. The molecule has 0 aliphatic rings. The van der Waals surface area contributed by atoms with Gasteiger partial charge in [0, 0.05) is 0 Å². The van der Waals surface area contributed by atoms with Crippen LogP contribution in [0.1, 0.15) is 19.3 Å². The molecule has 5 N–H and O–H groups in total. The molecule has 0 amide bonds. The molecule has 0 aliphatic heterocycles. The molecule has 16 heavy (non-hydrogen) atoms. The van der Waals surface area contributed by atoms with Crippen molar-refractivity contribution in [3.63, 3.8) is 0 Å². The van der Waals surface area contributed by atoms with Crippen molar-refractivity contribution in [2.75, 3.05) is 6.54 Å². The first kappa shape index (κ1) is 14.8. The van der Waals surface area contributed by atoms with Crippen LogP contribution in [0.25, 0.3) is 0 Å². The van der Waals surface area contributed by atoms with E-state index in [0.29, 0.717) is 6.42 Å². The predicted molar refractivity (Wildman–Crippen MR) is 48.5 cm³/mol. The van der Waals surface area contributed by atoms with Crippen LogP contribution in [0, 0.1) is 0 Å². The molecule has 0 saturated carbocycles. The Bertz CT molecular complexity index is 280. The molecule has 5 nitrogen and oxygen atoms in total. The van der Waals surface area contributed by atoms with Gasteiger partial charge in [0.15, 0.2) is 5.54 Å². The van der Waals surface area contributed by atoms with Gasteiger partial charge < -0.3 is 16.6 Å². The summed E-state index contributed by atoms with van der Waals surface area (Å²) >= 11 is 0. The van der Waals surface area contributed by atoms with E-state index in [1.165, 1.54) is 0 Å². The van der Waals surface area contributed by atoms with Crippen LogP contribution in [0.2, 0.25) is 0 Å². The highest BCUT2D eigenvalue weighted by Gasteiger charge is 2.54. The molecule has 0 saturated heterocycles. The van der Waals surface area contributed by atoms with Crippen LogP contribution in [0.4, 0.5) is 13.2 Å². The monoisotopic (exact) mass is 242 g/mol. The highest BCUT2D eigenvalue weighted by molar-refractivity contribution is 6.09. The number of halogens is 3. The van der Waals surface area contributed by atoms with Gasteiger partial charge in [-0.1, -0.05) is 0 Å². The molecular formula is C8H13F3N2O3. The minimum atomic E-state index is -5.25. The van der Waals surface area contributed by atoms with Gasteiger partial charge in [0.25, 0.3) is 5.78 Å². The maximum absolute atomic E-state index is 12.1. The van der Waals surface area contributed by atoms with Crippen molar-refractivity contribution < 1.29 is 27.9 Å². The summed E-state index contributed by atoms with van der Waals surface area (Å²) in [6.45, 7) is 0.190. The van der Waals surface area contributed by atoms with Crippen LogP contribution >= 0.6 is 0 Å². The lowest BCUT2D eigenvalue weighted by Gasteiger charge is -2.23. The van der Waals surface area contributed by atoms with Gasteiger partial charge in [-0.25, -0.2) is 4.79 Å². The molecule has 0 aliphatic carbocycles. The number of rotatable bonds is 6. The Balaban J connectivity index is 4.83. The van der Waals surface area contributed by atoms with Gasteiger partial charge in [0.05, 0.1) is 0 Å². The minimum Gasteiger partial charge on any atom is -0.480 e. The van der Waals surface area contributed by atoms with Gasteiger partial charge in [-0.05, 0) is 25.8 Å². The first-order chi connectivity index (χ1) is 7.16. The standard InChI is InChI=1S/C8H13F3N2O3/c9-8(10,11)5(14)7(13,6(15)16)3-1-2-4-12/h1-4,12-13H2,(H,15,16)/t7-/m0/s1. The number of Topliss-reactive ketones (excluding diaryl/α,β-unsaturated/α-hetero) is 1. The molecule has 0 heterocycles. The second kappa shape index (κ2) is 5.26. The first-order valence-electron chi connectivity index (χ1n) is 4.50.